The number of halogens is 1. The lowest BCUT2D eigenvalue weighted by molar-refractivity contribution is 0.515. The number of fused-ring (bicyclic) bond motifs is 2. The summed E-state index contributed by atoms with van der Waals surface area (Å²) in [6, 6.07) is 13.5. The van der Waals surface area contributed by atoms with E-state index in [0.29, 0.717) is 5.02 Å². The Balaban J connectivity index is 2.28. The van der Waals surface area contributed by atoms with Crippen molar-refractivity contribution in [2.45, 2.75) is 0 Å². The molecule has 18 heavy (non-hydrogen) atoms. The standard InChI is InChI=1S/C16H11ClO/c17-15-7-3-6-14-13(15)9-8-11-4-1-2-5-12(11)10-16(14)18/h1-10,18H/b9-8-,11-8?,12-10?,13-9?,16-10?,16-14?. The van der Waals surface area contributed by atoms with Gasteiger partial charge in [-0.2, -0.15) is 0 Å². The Morgan fingerprint density at radius 1 is 0.833 bits per heavy atom. The summed E-state index contributed by atoms with van der Waals surface area (Å²) in [5.74, 6) is 0.240. The zero-order valence-electron chi connectivity index (χ0n) is 9.60. The number of benzene rings is 2. The third-order valence-electron chi connectivity index (χ3n) is 3.05. The summed E-state index contributed by atoms with van der Waals surface area (Å²) in [5, 5.41) is 10.8. The molecule has 0 saturated heterocycles. The van der Waals surface area contributed by atoms with Gasteiger partial charge in [0.25, 0.3) is 0 Å². The zero-order valence-corrected chi connectivity index (χ0v) is 10.4. The van der Waals surface area contributed by atoms with E-state index in [0.717, 1.165) is 22.3 Å². The highest BCUT2D eigenvalue weighted by atomic mass is 35.5. The highest BCUT2D eigenvalue weighted by Gasteiger charge is 2.11. The SMILES string of the molecule is OC1=Cc2ccccc2/C=C\c2c(Cl)cccc21. The first kappa shape index (κ1) is 11.1. The highest BCUT2D eigenvalue weighted by molar-refractivity contribution is 6.32. The number of hydrogen-bond acceptors (Lipinski definition) is 1. The van der Waals surface area contributed by atoms with Crippen LogP contribution in [-0.2, 0) is 0 Å². The molecule has 1 aliphatic carbocycles. The Morgan fingerprint density at radius 2 is 1.61 bits per heavy atom. The fourth-order valence-corrected chi connectivity index (χ4v) is 2.36. The molecule has 2 aromatic carbocycles. The lowest BCUT2D eigenvalue weighted by Crippen LogP contribution is -1.92. The molecule has 0 saturated carbocycles. The number of rotatable bonds is 0. The third-order valence-corrected chi connectivity index (χ3v) is 3.38. The van der Waals surface area contributed by atoms with Crippen LogP contribution in [0.5, 0.6) is 0 Å². The molecule has 0 aromatic heterocycles. The molecule has 1 nitrogen and oxygen atoms in total. The maximum absolute atomic E-state index is 10.2. The van der Waals surface area contributed by atoms with Crippen molar-refractivity contribution in [2.75, 3.05) is 0 Å². The average Bonchev–Trinajstić information content (AvgIpc) is 2.36. The van der Waals surface area contributed by atoms with Crippen molar-refractivity contribution >= 4 is 35.6 Å². The lowest BCUT2D eigenvalue weighted by atomic mass is 9.97. The second-order valence-corrected chi connectivity index (χ2v) is 4.60. The zero-order chi connectivity index (χ0) is 12.5. The van der Waals surface area contributed by atoms with E-state index in [1.165, 1.54) is 0 Å². The van der Waals surface area contributed by atoms with Gasteiger partial charge in [-0.3, -0.25) is 0 Å². The van der Waals surface area contributed by atoms with Crippen molar-refractivity contribution in [3.8, 4) is 0 Å². The smallest absolute Gasteiger partial charge is 0.124 e. The Hall–Kier alpha value is -1.99. The minimum Gasteiger partial charge on any atom is -0.507 e. The van der Waals surface area contributed by atoms with Gasteiger partial charge in [-0.1, -0.05) is 60.2 Å². The van der Waals surface area contributed by atoms with Crippen LogP contribution in [0.2, 0.25) is 5.02 Å². The predicted octanol–water partition coefficient (Wildman–Crippen LogP) is 4.88. The second kappa shape index (κ2) is 4.35. The molecule has 0 heterocycles. The van der Waals surface area contributed by atoms with Crippen molar-refractivity contribution in [3.63, 3.8) is 0 Å². The first-order chi connectivity index (χ1) is 8.75. The minimum atomic E-state index is 0.240. The fraction of sp³-hybridized carbons (Fsp3) is 0. The number of aliphatic hydroxyl groups excluding tert-OH is 1. The van der Waals surface area contributed by atoms with Gasteiger partial charge in [0.2, 0.25) is 0 Å². The largest absolute Gasteiger partial charge is 0.507 e. The van der Waals surface area contributed by atoms with Gasteiger partial charge in [0.05, 0.1) is 0 Å². The molecule has 0 fully saturated rings. The van der Waals surface area contributed by atoms with E-state index in [4.69, 9.17) is 11.6 Å². The van der Waals surface area contributed by atoms with Gasteiger partial charge in [-0.05, 0) is 23.3 Å². The van der Waals surface area contributed by atoms with E-state index in [1.54, 1.807) is 6.08 Å². The Bertz CT molecular complexity index is 669. The molecule has 0 amide bonds. The summed E-state index contributed by atoms with van der Waals surface area (Å²) in [6.45, 7) is 0. The van der Waals surface area contributed by atoms with Crippen LogP contribution in [-0.4, -0.2) is 5.11 Å². The van der Waals surface area contributed by atoms with Crippen LogP contribution in [0.15, 0.2) is 42.5 Å². The van der Waals surface area contributed by atoms with Crippen molar-refractivity contribution in [1.29, 1.82) is 0 Å². The summed E-state index contributed by atoms with van der Waals surface area (Å²) >= 11 is 6.17. The Kier molecular flexibility index (Phi) is 2.69. The molecule has 0 bridgehead atoms. The molecule has 0 unspecified atom stereocenters. The summed E-state index contributed by atoms with van der Waals surface area (Å²) in [5.41, 5.74) is 3.67. The minimum absolute atomic E-state index is 0.240. The summed E-state index contributed by atoms with van der Waals surface area (Å²) in [4.78, 5) is 0. The van der Waals surface area contributed by atoms with Gasteiger partial charge >= 0.3 is 0 Å². The fourth-order valence-electron chi connectivity index (χ4n) is 2.12. The predicted molar refractivity (Wildman–Crippen MR) is 77.3 cm³/mol. The molecule has 1 N–H and O–H groups in total. The lowest BCUT2D eigenvalue weighted by Gasteiger charge is -2.11. The molecule has 1 aliphatic rings. The number of aliphatic hydroxyl groups is 1. The van der Waals surface area contributed by atoms with Gasteiger partial charge in [0.15, 0.2) is 0 Å². The van der Waals surface area contributed by atoms with Crippen LogP contribution in [0, 0.1) is 0 Å². The van der Waals surface area contributed by atoms with Crippen LogP contribution in [0.4, 0.5) is 0 Å². The summed E-state index contributed by atoms with van der Waals surface area (Å²) in [7, 11) is 0. The van der Waals surface area contributed by atoms with E-state index >= 15 is 0 Å². The van der Waals surface area contributed by atoms with Gasteiger partial charge in [0.1, 0.15) is 5.76 Å². The van der Waals surface area contributed by atoms with Crippen LogP contribution in [0.25, 0.3) is 24.0 Å². The van der Waals surface area contributed by atoms with Gasteiger partial charge in [-0.15, -0.1) is 0 Å². The summed E-state index contributed by atoms with van der Waals surface area (Å²) in [6.07, 6.45) is 5.73. The Labute approximate surface area is 111 Å². The van der Waals surface area contributed by atoms with Crippen molar-refractivity contribution < 1.29 is 5.11 Å². The molecule has 2 aromatic rings. The molecule has 0 spiro atoms. The van der Waals surface area contributed by atoms with Gasteiger partial charge in [-0.25, -0.2) is 0 Å². The monoisotopic (exact) mass is 254 g/mol. The summed E-state index contributed by atoms with van der Waals surface area (Å²) < 4.78 is 0. The van der Waals surface area contributed by atoms with E-state index in [9.17, 15) is 5.11 Å². The Morgan fingerprint density at radius 3 is 2.44 bits per heavy atom. The van der Waals surface area contributed by atoms with E-state index in [2.05, 4.69) is 0 Å². The normalized spacial score (nSPS) is 14.8. The molecular formula is C16H11ClO. The maximum atomic E-state index is 10.2. The van der Waals surface area contributed by atoms with Crippen LogP contribution in [0.3, 0.4) is 0 Å². The van der Waals surface area contributed by atoms with Gasteiger partial charge < -0.3 is 5.11 Å². The van der Waals surface area contributed by atoms with Crippen molar-refractivity contribution in [3.05, 3.63) is 69.7 Å². The highest BCUT2D eigenvalue weighted by Crippen LogP contribution is 2.30. The maximum Gasteiger partial charge on any atom is 0.124 e. The molecule has 88 valence electrons. The topological polar surface area (TPSA) is 20.2 Å². The quantitative estimate of drug-likeness (QED) is 0.710. The van der Waals surface area contributed by atoms with Gasteiger partial charge in [0, 0.05) is 16.1 Å². The first-order valence-electron chi connectivity index (χ1n) is 5.72. The van der Waals surface area contributed by atoms with E-state index < -0.39 is 0 Å². The molecule has 0 atom stereocenters. The first-order valence-corrected chi connectivity index (χ1v) is 6.10. The van der Waals surface area contributed by atoms with Crippen molar-refractivity contribution in [2.24, 2.45) is 0 Å². The van der Waals surface area contributed by atoms with E-state index in [-0.39, 0.29) is 5.76 Å². The molecule has 0 aliphatic heterocycles. The van der Waals surface area contributed by atoms with Crippen LogP contribution in [0.1, 0.15) is 22.3 Å². The third kappa shape index (κ3) is 1.83. The second-order valence-electron chi connectivity index (χ2n) is 4.19. The van der Waals surface area contributed by atoms with E-state index in [1.807, 2.05) is 54.6 Å². The molecular weight excluding hydrogens is 244 g/mol. The molecule has 0 radical (unpaired) electrons. The van der Waals surface area contributed by atoms with Crippen LogP contribution >= 0.6 is 11.6 Å². The molecule has 3 rings (SSSR count). The number of hydrogen-bond donors (Lipinski definition) is 1. The molecule has 2 heteroatoms. The van der Waals surface area contributed by atoms with Crippen molar-refractivity contribution in [1.82, 2.24) is 0 Å². The van der Waals surface area contributed by atoms with Crippen LogP contribution < -0.4 is 0 Å². The average molecular weight is 255 g/mol.